The highest BCUT2D eigenvalue weighted by Crippen LogP contribution is 2.09. The summed E-state index contributed by atoms with van der Waals surface area (Å²) in [7, 11) is 2.12. The van der Waals surface area contributed by atoms with Crippen molar-refractivity contribution in [2.45, 2.75) is 6.54 Å². The van der Waals surface area contributed by atoms with Gasteiger partial charge in [0.15, 0.2) is 0 Å². The van der Waals surface area contributed by atoms with E-state index in [0.29, 0.717) is 35.4 Å². The molecule has 0 saturated carbocycles. The number of para-hydroxylation sites is 1. The summed E-state index contributed by atoms with van der Waals surface area (Å²) in [5, 5.41) is 16.2. The fourth-order valence-corrected chi connectivity index (χ4v) is 2.65. The normalized spacial score (nSPS) is 15.3. The number of fused-ring (bicyclic) bond motifs is 1. The van der Waals surface area contributed by atoms with Gasteiger partial charge in [-0.1, -0.05) is 12.1 Å². The van der Waals surface area contributed by atoms with Crippen LogP contribution in [0.5, 0.6) is 0 Å². The molecular weight excluding hydrogens is 366 g/mol. The fraction of sp³-hybridized carbons (Fsp3) is 0.333. The van der Waals surface area contributed by atoms with Gasteiger partial charge in [0.05, 0.1) is 17.4 Å². The molecule has 1 aliphatic heterocycles. The van der Waals surface area contributed by atoms with E-state index in [1.165, 1.54) is 4.68 Å². The van der Waals surface area contributed by atoms with Crippen LogP contribution in [0.25, 0.3) is 10.9 Å². The third-order valence-electron chi connectivity index (χ3n) is 4.21. The summed E-state index contributed by atoms with van der Waals surface area (Å²) < 4.78 is 1.18. The minimum atomic E-state index is -1.26. The molecule has 0 atom stereocenters. The number of likely N-dealkylation sites (N-methyl/N-ethyl adjacent to an activating group) is 1. The number of nitrogens with two attached hydrogens (primary N) is 1. The molecule has 1 aromatic heterocycles. The van der Waals surface area contributed by atoms with E-state index in [0.717, 1.165) is 26.2 Å². The van der Waals surface area contributed by atoms with Crippen LogP contribution in [0.4, 0.5) is 0 Å². The quantitative estimate of drug-likeness (QED) is 0.469. The highest BCUT2D eigenvalue weighted by molar-refractivity contribution is 5.89. The van der Waals surface area contributed by atoms with Crippen LogP contribution in [-0.2, 0) is 16.1 Å². The molecule has 1 fully saturated rings. The predicted molar refractivity (Wildman–Crippen MR) is 103 cm³/mol. The van der Waals surface area contributed by atoms with E-state index in [4.69, 9.17) is 16.1 Å². The SMILES string of the molecule is CN1CCN(Cc2nc3ccccc3c(=O)n2N)CC1.O=C(O)/C=C\C(=O)O. The zero-order valence-electron chi connectivity index (χ0n) is 15.5. The van der Waals surface area contributed by atoms with Crippen LogP contribution in [0.3, 0.4) is 0 Å². The summed E-state index contributed by atoms with van der Waals surface area (Å²) in [6, 6.07) is 7.32. The molecule has 1 saturated heterocycles. The molecule has 0 radical (unpaired) electrons. The number of hydrogen-bond donors (Lipinski definition) is 3. The Morgan fingerprint density at radius 3 is 2.25 bits per heavy atom. The first-order valence-corrected chi connectivity index (χ1v) is 8.58. The van der Waals surface area contributed by atoms with Crippen LogP contribution in [0.1, 0.15) is 5.82 Å². The first-order valence-electron chi connectivity index (χ1n) is 8.58. The summed E-state index contributed by atoms with van der Waals surface area (Å²) in [6.45, 7) is 4.62. The number of aliphatic carboxylic acids is 2. The van der Waals surface area contributed by atoms with E-state index >= 15 is 0 Å². The Kier molecular flexibility index (Phi) is 7.24. The lowest BCUT2D eigenvalue weighted by Gasteiger charge is -2.32. The molecule has 2 heterocycles. The zero-order valence-corrected chi connectivity index (χ0v) is 15.5. The van der Waals surface area contributed by atoms with Crippen molar-refractivity contribution in [3.8, 4) is 0 Å². The highest BCUT2D eigenvalue weighted by atomic mass is 16.4. The van der Waals surface area contributed by atoms with Gasteiger partial charge in [-0.15, -0.1) is 0 Å². The van der Waals surface area contributed by atoms with Crippen molar-refractivity contribution in [1.29, 1.82) is 0 Å². The second-order valence-electron chi connectivity index (χ2n) is 6.31. The van der Waals surface area contributed by atoms with Crippen molar-refractivity contribution < 1.29 is 19.8 Å². The van der Waals surface area contributed by atoms with Crippen molar-refractivity contribution in [2.24, 2.45) is 0 Å². The van der Waals surface area contributed by atoms with Gasteiger partial charge in [-0.25, -0.2) is 19.2 Å². The van der Waals surface area contributed by atoms with Crippen molar-refractivity contribution in [3.63, 3.8) is 0 Å². The van der Waals surface area contributed by atoms with Crippen molar-refractivity contribution in [1.82, 2.24) is 19.5 Å². The van der Waals surface area contributed by atoms with E-state index in [-0.39, 0.29) is 5.56 Å². The maximum absolute atomic E-state index is 12.2. The van der Waals surface area contributed by atoms with Crippen LogP contribution in [0.15, 0.2) is 41.2 Å². The average molecular weight is 389 g/mol. The third-order valence-corrected chi connectivity index (χ3v) is 4.21. The summed E-state index contributed by atoms with van der Waals surface area (Å²) in [5.74, 6) is 4.01. The van der Waals surface area contributed by atoms with Crippen LogP contribution < -0.4 is 11.4 Å². The van der Waals surface area contributed by atoms with Gasteiger partial charge < -0.3 is 21.0 Å². The van der Waals surface area contributed by atoms with E-state index < -0.39 is 11.9 Å². The second-order valence-corrected chi connectivity index (χ2v) is 6.31. The Morgan fingerprint density at radius 2 is 1.68 bits per heavy atom. The largest absolute Gasteiger partial charge is 0.478 e. The average Bonchev–Trinajstić information content (AvgIpc) is 2.66. The number of benzene rings is 1. The van der Waals surface area contributed by atoms with Crippen molar-refractivity contribution in [3.05, 3.63) is 52.6 Å². The van der Waals surface area contributed by atoms with Crippen LogP contribution >= 0.6 is 0 Å². The van der Waals surface area contributed by atoms with Gasteiger partial charge >= 0.3 is 11.9 Å². The van der Waals surface area contributed by atoms with Gasteiger partial charge in [0.1, 0.15) is 5.82 Å². The number of rotatable bonds is 4. The summed E-state index contributed by atoms with van der Waals surface area (Å²) in [6.07, 6.45) is 1.12. The molecule has 28 heavy (non-hydrogen) atoms. The molecule has 1 aromatic carbocycles. The van der Waals surface area contributed by atoms with Gasteiger partial charge in [0.2, 0.25) is 0 Å². The summed E-state index contributed by atoms with van der Waals surface area (Å²) in [4.78, 5) is 40.4. The van der Waals surface area contributed by atoms with Gasteiger partial charge in [-0.3, -0.25) is 9.69 Å². The molecular formula is C18H23N5O5. The molecule has 0 unspecified atom stereocenters. The second kappa shape index (κ2) is 9.62. The third kappa shape index (κ3) is 5.89. The Hall–Kier alpha value is -3.24. The first-order chi connectivity index (χ1) is 13.3. The smallest absolute Gasteiger partial charge is 0.328 e. The van der Waals surface area contributed by atoms with Crippen LogP contribution in [-0.4, -0.2) is 74.8 Å². The van der Waals surface area contributed by atoms with Gasteiger partial charge in [-0.2, -0.15) is 0 Å². The van der Waals surface area contributed by atoms with E-state index in [2.05, 4.69) is 21.8 Å². The molecule has 4 N–H and O–H groups in total. The number of carboxylic acid groups (broad SMARTS) is 2. The molecule has 0 amide bonds. The topological polar surface area (TPSA) is 142 Å². The zero-order chi connectivity index (χ0) is 20.7. The molecule has 0 bridgehead atoms. The molecule has 150 valence electrons. The lowest BCUT2D eigenvalue weighted by Crippen LogP contribution is -2.45. The first kappa shape index (κ1) is 21.1. The fourth-order valence-electron chi connectivity index (χ4n) is 2.65. The molecule has 3 rings (SSSR count). The number of hydrogen-bond acceptors (Lipinski definition) is 7. The van der Waals surface area contributed by atoms with Crippen molar-refractivity contribution in [2.75, 3.05) is 39.1 Å². The molecule has 0 spiro atoms. The Balaban J connectivity index is 0.000000300. The van der Waals surface area contributed by atoms with Gasteiger partial charge in [0, 0.05) is 38.3 Å². The van der Waals surface area contributed by atoms with E-state index in [9.17, 15) is 14.4 Å². The van der Waals surface area contributed by atoms with Crippen LogP contribution in [0, 0.1) is 0 Å². The number of carboxylic acids is 2. The number of nitrogen functional groups attached to an aromatic ring is 1. The lowest BCUT2D eigenvalue weighted by molar-refractivity contribution is -0.134. The number of carbonyl (C=O) groups is 2. The summed E-state index contributed by atoms with van der Waals surface area (Å²) >= 11 is 0. The molecule has 1 aliphatic rings. The Labute approximate surface area is 161 Å². The summed E-state index contributed by atoms with van der Waals surface area (Å²) in [5.41, 5.74) is 0.531. The molecule has 10 heteroatoms. The maximum atomic E-state index is 12.2. The number of aromatic nitrogens is 2. The molecule has 2 aromatic rings. The number of nitrogens with zero attached hydrogens (tertiary/aromatic N) is 4. The lowest BCUT2D eigenvalue weighted by atomic mass is 10.2. The minimum Gasteiger partial charge on any atom is -0.478 e. The standard InChI is InChI=1S/C14H19N5O.C4H4O4/c1-17-6-8-18(9-7-17)10-13-16-12-5-3-2-4-11(12)14(20)19(13)15;5-3(6)1-2-4(7)8/h2-5H,6-10,15H2,1H3;1-2H,(H,5,6)(H,7,8)/b;2-1-. The van der Waals surface area contributed by atoms with E-state index in [1.54, 1.807) is 6.07 Å². The Morgan fingerprint density at radius 1 is 1.11 bits per heavy atom. The van der Waals surface area contributed by atoms with Crippen LogP contribution in [0.2, 0.25) is 0 Å². The van der Waals surface area contributed by atoms with E-state index in [1.807, 2.05) is 18.2 Å². The molecule has 0 aliphatic carbocycles. The molecule has 10 nitrogen and oxygen atoms in total. The predicted octanol–water partition coefficient (Wildman–Crippen LogP) is -0.430. The highest BCUT2D eigenvalue weighted by Gasteiger charge is 2.17. The Bertz CT molecular complexity index is 916. The van der Waals surface area contributed by atoms with Gasteiger partial charge in [0.25, 0.3) is 5.56 Å². The minimum absolute atomic E-state index is 0.181. The van der Waals surface area contributed by atoms with Gasteiger partial charge in [-0.05, 0) is 19.2 Å². The number of piperazine rings is 1. The van der Waals surface area contributed by atoms with Crippen molar-refractivity contribution >= 4 is 22.8 Å². The monoisotopic (exact) mass is 389 g/mol. The maximum Gasteiger partial charge on any atom is 0.328 e.